The summed E-state index contributed by atoms with van der Waals surface area (Å²) in [4.78, 5) is 12.4. The van der Waals surface area contributed by atoms with Gasteiger partial charge >= 0.3 is 0 Å². The summed E-state index contributed by atoms with van der Waals surface area (Å²) in [6, 6.07) is 5.79. The molecule has 0 aliphatic heterocycles. The van der Waals surface area contributed by atoms with E-state index < -0.39 is 0 Å². The number of quaternary nitrogens is 1. The Morgan fingerprint density at radius 2 is 2.06 bits per heavy atom. The van der Waals surface area contributed by atoms with Crippen LogP contribution in [0.5, 0.6) is 5.75 Å². The van der Waals surface area contributed by atoms with Crippen molar-refractivity contribution in [1.29, 1.82) is 0 Å². The van der Waals surface area contributed by atoms with Crippen LogP contribution in [-0.2, 0) is 6.42 Å². The molecule has 18 heavy (non-hydrogen) atoms. The normalized spacial score (nSPS) is 19.6. The first-order valence-electron chi connectivity index (χ1n) is 6.42. The van der Waals surface area contributed by atoms with Crippen LogP contribution in [0.15, 0.2) is 18.2 Å². The van der Waals surface area contributed by atoms with Crippen LogP contribution >= 0.6 is 0 Å². The van der Waals surface area contributed by atoms with E-state index >= 15 is 0 Å². The van der Waals surface area contributed by atoms with E-state index in [2.05, 4.69) is 21.1 Å². The summed E-state index contributed by atoms with van der Waals surface area (Å²) in [5, 5.41) is 0. The van der Waals surface area contributed by atoms with E-state index in [0.717, 1.165) is 40.7 Å². The minimum absolute atomic E-state index is 0.158. The number of fused-ring (bicyclic) bond motifs is 1. The fraction of sp³-hybridized carbons (Fsp3) is 0.533. The molecule has 0 bridgehead atoms. The van der Waals surface area contributed by atoms with Crippen LogP contribution in [0, 0.1) is 5.92 Å². The van der Waals surface area contributed by atoms with Crippen molar-refractivity contribution in [1.82, 2.24) is 0 Å². The maximum Gasteiger partial charge on any atom is 0.171 e. The summed E-state index contributed by atoms with van der Waals surface area (Å²) >= 11 is 0. The number of rotatable bonds is 3. The van der Waals surface area contributed by atoms with Crippen LogP contribution in [0.3, 0.4) is 0 Å². The Morgan fingerprint density at radius 1 is 1.33 bits per heavy atom. The van der Waals surface area contributed by atoms with Gasteiger partial charge in [0.1, 0.15) is 5.75 Å². The molecule has 98 valence electrons. The van der Waals surface area contributed by atoms with Gasteiger partial charge in [-0.15, -0.1) is 0 Å². The Balaban J connectivity index is 2.23. The molecule has 0 saturated heterocycles. The summed E-state index contributed by atoms with van der Waals surface area (Å²) in [5.41, 5.74) is 2.03. The maximum absolute atomic E-state index is 12.4. The molecule has 0 N–H and O–H groups in total. The lowest BCUT2D eigenvalue weighted by Crippen LogP contribution is -2.42. The van der Waals surface area contributed by atoms with Crippen LogP contribution in [0.1, 0.15) is 22.3 Å². The highest BCUT2D eigenvalue weighted by Gasteiger charge is 2.31. The van der Waals surface area contributed by atoms with Crippen LogP contribution in [0.2, 0.25) is 0 Å². The predicted molar refractivity (Wildman–Crippen MR) is 72.0 cm³/mol. The SMILES string of the molecule is COc1ccc2c(c1)CCC(C[N+](C)(C)C)C2=O. The zero-order valence-electron chi connectivity index (χ0n) is 11.7. The van der Waals surface area contributed by atoms with Crippen LogP contribution in [0.4, 0.5) is 0 Å². The van der Waals surface area contributed by atoms with Gasteiger partial charge in [-0.3, -0.25) is 4.79 Å². The van der Waals surface area contributed by atoms with Crippen molar-refractivity contribution >= 4 is 5.78 Å². The molecule has 1 atom stereocenters. The second kappa shape index (κ2) is 4.73. The number of hydrogen-bond donors (Lipinski definition) is 0. The highest BCUT2D eigenvalue weighted by molar-refractivity contribution is 6.00. The Labute approximate surface area is 109 Å². The minimum Gasteiger partial charge on any atom is -0.497 e. The highest BCUT2D eigenvalue weighted by Crippen LogP contribution is 2.29. The van der Waals surface area contributed by atoms with Crippen molar-refractivity contribution in [3.8, 4) is 5.75 Å². The summed E-state index contributed by atoms with van der Waals surface area (Å²) in [6.07, 6.45) is 1.93. The Bertz CT molecular complexity index is 460. The van der Waals surface area contributed by atoms with Gasteiger partial charge in [0.2, 0.25) is 0 Å². The largest absolute Gasteiger partial charge is 0.497 e. The van der Waals surface area contributed by atoms with E-state index in [-0.39, 0.29) is 5.92 Å². The molecule has 0 fully saturated rings. The van der Waals surface area contributed by atoms with E-state index in [1.165, 1.54) is 0 Å². The molecule has 0 saturated carbocycles. The minimum atomic E-state index is 0.158. The second-order valence-corrected chi connectivity index (χ2v) is 6.10. The smallest absolute Gasteiger partial charge is 0.171 e. The van der Waals surface area contributed by atoms with Gasteiger partial charge in [-0.2, -0.15) is 0 Å². The van der Waals surface area contributed by atoms with Gasteiger partial charge in [-0.1, -0.05) is 0 Å². The van der Waals surface area contributed by atoms with Crippen molar-refractivity contribution in [2.45, 2.75) is 12.8 Å². The monoisotopic (exact) mass is 248 g/mol. The van der Waals surface area contributed by atoms with Crippen molar-refractivity contribution < 1.29 is 14.0 Å². The van der Waals surface area contributed by atoms with Crippen molar-refractivity contribution in [3.05, 3.63) is 29.3 Å². The summed E-state index contributed by atoms with van der Waals surface area (Å²) in [6.45, 7) is 0.907. The number of benzene rings is 1. The first kappa shape index (κ1) is 13.1. The zero-order chi connectivity index (χ0) is 13.3. The maximum atomic E-state index is 12.4. The number of carbonyl (C=O) groups excluding carboxylic acids is 1. The number of methoxy groups -OCH3 is 1. The van der Waals surface area contributed by atoms with Crippen LogP contribution in [0.25, 0.3) is 0 Å². The number of ether oxygens (including phenoxy) is 1. The summed E-state index contributed by atoms with van der Waals surface area (Å²) < 4.78 is 6.04. The molecule has 1 aromatic carbocycles. The molecule has 0 amide bonds. The molecule has 1 aliphatic rings. The third-order valence-electron chi connectivity index (χ3n) is 3.48. The van der Waals surface area contributed by atoms with E-state index in [9.17, 15) is 4.79 Å². The lowest BCUT2D eigenvalue weighted by molar-refractivity contribution is -0.872. The molecular formula is C15H22NO2+. The quantitative estimate of drug-likeness (QED) is 0.766. The standard InChI is InChI=1S/C15H22NO2/c1-16(2,3)10-12-6-5-11-9-13(18-4)7-8-14(11)15(12)17/h7-9,12H,5-6,10H2,1-4H3/q+1. The van der Waals surface area contributed by atoms with Crippen LogP contribution in [-0.4, -0.2) is 45.1 Å². The second-order valence-electron chi connectivity index (χ2n) is 6.10. The number of aryl methyl sites for hydroxylation is 1. The Hall–Kier alpha value is -1.35. The summed E-state index contributed by atoms with van der Waals surface area (Å²) in [5.74, 6) is 1.30. The first-order valence-corrected chi connectivity index (χ1v) is 6.42. The third kappa shape index (κ3) is 2.72. The lowest BCUT2D eigenvalue weighted by Gasteiger charge is -2.31. The Morgan fingerprint density at radius 3 is 2.67 bits per heavy atom. The topological polar surface area (TPSA) is 26.3 Å². The van der Waals surface area contributed by atoms with Gasteiger partial charge in [-0.25, -0.2) is 0 Å². The zero-order valence-corrected chi connectivity index (χ0v) is 11.7. The molecule has 1 unspecified atom stereocenters. The number of carbonyl (C=O) groups is 1. The van der Waals surface area contributed by atoms with E-state index in [1.54, 1.807) is 7.11 Å². The van der Waals surface area contributed by atoms with E-state index in [4.69, 9.17) is 4.74 Å². The van der Waals surface area contributed by atoms with Gasteiger partial charge in [0.05, 0.1) is 40.7 Å². The molecule has 2 rings (SSSR count). The lowest BCUT2D eigenvalue weighted by atomic mass is 9.82. The molecule has 0 aromatic heterocycles. The molecular weight excluding hydrogens is 226 g/mol. The van der Waals surface area contributed by atoms with E-state index in [0.29, 0.717) is 5.78 Å². The van der Waals surface area contributed by atoms with Gasteiger partial charge in [-0.05, 0) is 36.6 Å². The van der Waals surface area contributed by atoms with Crippen molar-refractivity contribution in [2.75, 3.05) is 34.8 Å². The van der Waals surface area contributed by atoms with Crippen molar-refractivity contribution in [2.24, 2.45) is 5.92 Å². The van der Waals surface area contributed by atoms with Gasteiger partial charge in [0.25, 0.3) is 0 Å². The molecule has 0 spiro atoms. The Kier molecular flexibility index (Phi) is 3.44. The first-order chi connectivity index (χ1) is 8.40. The summed E-state index contributed by atoms with van der Waals surface area (Å²) in [7, 11) is 8.07. The third-order valence-corrected chi connectivity index (χ3v) is 3.48. The van der Waals surface area contributed by atoms with Gasteiger partial charge < -0.3 is 9.22 Å². The van der Waals surface area contributed by atoms with Gasteiger partial charge in [0.15, 0.2) is 5.78 Å². The van der Waals surface area contributed by atoms with Gasteiger partial charge in [0, 0.05) is 5.56 Å². The molecule has 3 heteroatoms. The van der Waals surface area contributed by atoms with E-state index in [1.807, 2.05) is 18.2 Å². The fourth-order valence-corrected chi connectivity index (χ4v) is 2.66. The molecule has 0 radical (unpaired) electrons. The number of Topliss-reactive ketones (excluding diaryl/α,β-unsaturated/α-hetero) is 1. The number of ketones is 1. The number of nitrogens with zero attached hydrogens (tertiary/aromatic N) is 1. The molecule has 1 aliphatic carbocycles. The highest BCUT2D eigenvalue weighted by atomic mass is 16.5. The van der Waals surface area contributed by atoms with Crippen molar-refractivity contribution in [3.63, 3.8) is 0 Å². The predicted octanol–water partition coefficient (Wildman–Crippen LogP) is 2.15. The van der Waals surface area contributed by atoms with Crippen LogP contribution < -0.4 is 4.74 Å². The molecule has 3 nitrogen and oxygen atoms in total. The fourth-order valence-electron chi connectivity index (χ4n) is 2.66. The number of hydrogen-bond acceptors (Lipinski definition) is 2. The average Bonchev–Trinajstić information content (AvgIpc) is 2.31. The molecule has 0 heterocycles. The molecule has 1 aromatic rings. The average molecular weight is 248 g/mol.